The lowest BCUT2D eigenvalue weighted by molar-refractivity contribution is 1.24. The van der Waals surface area contributed by atoms with Gasteiger partial charge < -0.3 is 0 Å². The summed E-state index contributed by atoms with van der Waals surface area (Å²) < 4.78 is 0. The number of rotatable bonds is 3. The molecule has 2 rings (SSSR count). The fraction of sp³-hybridized carbons (Fsp3) is 0.0667. The summed E-state index contributed by atoms with van der Waals surface area (Å²) in [6.07, 6.45) is 1.76. The van der Waals surface area contributed by atoms with Crippen molar-refractivity contribution >= 4 is 11.9 Å². The van der Waals surface area contributed by atoms with Gasteiger partial charge in [-0.1, -0.05) is 60.7 Å². The van der Waals surface area contributed by atoms with Gasteiger partial charge in [0.05, 0.1) is 11.9 Å². The highest BCUT2D eigenvalue weighted by Gasteiger charge is 1.93. The molecule has 2 aromatic carbocycles. The fourth-order valence-corrected chi connectivity index (χ4v) is 1.46. The SMILES string of the molecule is C/C(=N/N=C/c1ccccc1)c1ccccc1. The molecule has 0 aliphatic heterocycles. The maximum atomic E-state index is 4.18. The summed E-state index contributed by atoms with van der Waals surface area (Å²) in [5.74, 6) is 0. The molecule has 0 spiro atoms. The second kappa shape index (κ2) is 5.75. The zero-order valence-electron chi connectivity index (χ0n) is 9.75. The third-order valence-electron chi connectivity index (χ3n) is 2.41. The number of hydrogen-bond acceptors (Lipinski definition) is 2. The molecule has 0 aliphatic carbocycles. The van der Waals surface area contributed by atoms with E-state index in [9.17, 15) is 0 Å². The molecule has 0 radical (unpaired) electrons. The molecule has 2 nitrogen and oxygen atoms in total. The van der Waals surface area contributed by atoms with Crippen molar-refractivity contribution in [3.8, 4) is 0 Å². The van der Waals surface area contributed by atoms with Crippen LogP contribution < -0.4 is 0 Å². The van der Waals surface area contributed by atoms with Gasteiger partial charge in [0.1, 0.15) is 0 Å². The molecule has 0 atom stereocenters. The van der Waals surface area contributed by atoms with E-state index in [-0.39, 0.29) is 0 Å². The Balaban J connectivity index is 2.09. The van der Waals surface area contributed by atoms with Crippen LogP contribution in [0.5, 0.6) is 0 Å². The molecule has 0 amide bonds. The second-order valence-corrected chi connectivity index (χ2v) is 3.71. The van der Waals surface area contributed by atoms with Gasteiger partial charge in [0.15, 0.2) is 0 Å². The molecule has 0 bridgehead atoms. The molecule has 0 aliphatic rings. The average molecular weight is 222 g/mol. The molecule has 0 N–H and O–H groups in total. The Hall–Kier alpha value is -2.22. The van der Waals surface area contributed by atoms with Crippen LogP contribution in [0.15, 0.2) is 70.9 Å². The first kappa shape index (κ1) is 11.3. The Morgan fingerprint density at radius 3 is 2.12 bits per heavy atom. The van der Waals surface area contributed by atoms with Crippen LogP contribution in [0.1, 0.15) is 18.1 Å². The van der Waals surface area contributed by atoms with Crippen molar-refractivity contribution in [2.45, 2.75) is 6.92 Å². The van der Waals surface area contributed by atoms with Crippen LogP contribution in [0.2, 0.25) is 0 Å². The van der Waals surface area contributed by atoms with E-state index < -0.39 is 0 Å². The van der Waals surface area contributed by atoms with Gasteiger partial charge in [-0.2, -0.15) is 10.2 Å². The molecule has 84 valence electrons. The first-order valence-electron chi connectivity index (χ1n) is 5.54. The van der Waals surface area contributed by atoms with Gasteiger partial charge in [0.2, 0.25) is 0 Å². The van der Waals surface area contributed by atoms with Crippen LogP contribution in [-0.2, 0) is 0 Å². The van der Waals surface area contributed by atoms with Gasteiger partial charge in [-0.15, -0.1) is 0 Å². The Bertz CT molecular complexity index is 513. The van der Waals surface area contributed by atoms with Crippen molar-refractivity contribution in [3.05, 3.63) is 71.8 Å². The minimum Gasteiger partial charge on any atom is -0.158 e. The summed E-state index contributed by atoms with van der Waals surface area (Å²) in [4.78, 5) is 0. The number of hydrogen-bond donors (Lipinski definition) is 0. The summed E-state index contributed by atoms with van der Waals surface area (Å²) in [5.41, 5.74) is 3.06. The average Bonchev–Trinajstić information content (AvgIpc) is 2.41. The Morgan fingerprint density at radius 2 is 1.47 bits per heavy atom. The minimum atomic E-state index is 0.915. The van der Waals surface area contributed by atoms with Crippen LogP contribution in [-0.4, -0.2) is 11.9 Å². The van der Waals surface area contributed by atoms with Gasteiger partial charge in [-0.3, -0.25) is 0 Å². The van der Waals surface area contributed by atoms with Gasteiger partial charge in [0, 0.05) is 0 Å². The van der Waals surface area contributed by atoms with Crippen molar-refractivity contribution in [2.24, 2.45) is 10.2 Å². The lowest BCUT2D eigenvalue weighted by atomic mass is 10.1. The normalized spacial score (nSPS) is 11.9. The van der Waals surface area contributed by atoms with E-state index in [2.05, 4.69) is 10.2 Å². The number of benzene rings is 2. The highest BCUT2D eigenvalue weighted by Crippen LogP contribution is 2.01. The molecular formula is C15H14N2. The summed E-state index contributed by atoms with van der Waals surface area (Å²) in [7, 11) is 0. The molecule has 2 aromatic rings. The first-order chi connectivity index (χ1) is 8.36. The summed E-state index contributed by atoms with van der Waals surface area (Å²) in [5, 5.41) is 8.26. The van der Waals surface area contributed by atoms with Crippen LogP contribution in [0.3, 0.4) is 0 Å². The number of nitrogens with zero attached hydrogens (tertiary/aromatic N) is 2. The van der Waals surface area contributed by atoms with Crippen molar-refractivity contribution in [1.29, 1.82) is 0 Å². The molecule has 0 aromatic heterocycles. The van der Waals surface area contributed by atoms with Gasteiger partial charge >= 0.3 is 0 Å². The van der Waals surface area contributed by atoms with E-state index in [0.717, 1.165) is 16.8 Å². The van der Waals surface area contributed by atoms with Gasteiger partial charge in [0.25, 0.3) is 0 Å². The van der Waals surface area contributed by atoms with Crippen LogP contribution >= 0.6 is 0 Å². The minimum absolute atomic E-state index is 0.915. The molecule has 2 heteroatoms. The standard InChI is InChI=1S/C15H14N2/c1-13(15-10-6-3-7-11-15)17-16-12-14-8-4-2-5-9-14/h2-12H,1H3/b16-12+,17-13-. The maximum absolute atomic E-state index is 4.18. The van der Waals surface area contributed by atoms with E-state index >= 15 is 0 Å². The quantitative estimate of drug-likeness (QED) is 0.560. The van der Waals surface area contributed by atoms with E-state index in [1.165, 1.54) is 0 Å². The summed E-state index contributed by atoms with van der Waals surface area (Å²) in [6.45, 7) is 1.96. The first-order valence-corrected chi connectivity index (χ1v) is 5.54. The Kier molecular flexibility index (Phi) is 3.81. The van der Waals surface area contributed by atoms with Gasteiger partial charge in [-0.05, 0) is 18.1 Å². The lowest BCUT2D eigenvalue weighted by Gasteiger charge is -1.96. The van der Waals surface area contributed by atoms with E-state index in [4.69, 9.17) is 0 Å². The van der Waals surface area contributed by atoms with Crippen molar-refractivity contribution in [1.82, 2.24) is 0 Å². The van der Waals surface area contributed by atoms with Gasteiger partial charge in [-0.25, -0.2) is 0 Å². The smallest absolute Gasteiger partial charge is 0.0671 e. The Labute approximate surface area is 101 Å². The van der Waals surface area contributed by atoms with Crippen LogP contribution in [0, 0.1) is 0 Å². The van der Waals surface area contributed by atoms with Crippen molar-refractivity contribution in [3.63, 3.8) is 0 Å². The van der Waals surface area contributed by atoms with Crippen LogP contribution in [0.4, 0.5) is 0 Å². The van der Waals surface area contributed by atoms with Crippen molar-refractivity contribution in [2.75, 3.05) is 0 Å². The van der Waals surface area contributed by atoms with E-state index in [1.807, 2.05) is 67.6 Å². The summed E-state index contributed by atoms with van der Waals surface area (Å²) in [6, 6.07) is 20.0. The van der Waals surface area contributed by atoms with Crippen LogP contribution in [0.25, 0.3) is 0 Å². The third-order valence-corrected chi connectivity index (χ3v) is 2.41. The molecule has 0 saturated carbocycles. The maximum Gasteiger partial charge on any atom is 0.0671 e. The third kappa shape index (κ3) is 3.38. The molecular weight excluding hydrogens is 208 g/mol. The molecule has 0 fully saturated rings. The topological polar surface area (TPSA) is 24.7 Å². The zero-order chi connectivity index (χ0) is 11.9. The van der Waals surface area contributed by atoms with E-state index in [1.54, 1.807) is 6.21 Å². The zero-order valence-corrected chi connectivity index (χ0v) is 9.75. The summed E-state index contributed by atoms with van der Waals surface area (Å²) >= 11 is 0. The lowest BCUT2D eigenvalue weighted by Crippen LogP contribution is -1.92. The molecule has 0 unspecified atom stereocenters. The largest absolute Gasteiger partial charge is 0.158 e. The van der Waals surface area contributed by atoms with Crippen molar-refractivity contribution < 1.29 is 0 Å². The van der Waals surface area contributed by atoms with E-state index in [0.29, 0.717) is 0 Å². The molecule has 0 saturated heterocycles. The molecule has 0 heterocycles. The predicted molar refractivity (Wildman–Crippen MR) is 72.7 cm³/mol. The fourth-order valence-electron chi connectivity index (χ4n) is 1.46. The highest BCUT2D eigenvalue weighted by molar-refractivity contribution is 5.98. The monoisotopic (exact) mass is 222 g/mol. The molecule has 17 heavy (non-hydrogen) atoms. The second-order valence-electron chi connectivity index (χ2n) is 3.71. The predicted octanol–water partition coefficient (Wildman–Crippen LogP) is 3.53. The highest BCUT2D eigenvalue weighted by atomic mass is 15.2. The Morgan fingerprint density at radius 1 is 0.882 bits per heavy atom.